The van der Waals surface area contributed by atoms with Gasteiger partial charge >= 0.3 is 0 Å². The summed E-state index contributed by atoms with van der Waals surface area (Å²) >= 11 is 13.0. The Kier molecular flexibility index (Phi) is 8.71. The third-order valence-corrected chi connectivity index (χ3v) is 8.12. The summed E-state index contributed by atoms with van der Waals surface area (Å²) in [6.07, 6.45) is 6.80. The van der Waals surface area contributed by atoms with Crippen LogP contribution in [0.2, 0.25) is 10.0 Å². The molecule has 1 aliphatic carbocycles. The highest BCUT2D eigenvalue weighted by molar-refractivity contribution is 7.88. The molecule has 190 valence electrons. The largest absolute Gasteiger partial charge is 0.385 e. The summed E-state index contributed by atoms with van der Waals surface area (Å²) in [6, 6.07) is 7.41. The molecule has 0 spiro atoms. The first-order valence-corrected chi connectivity index (χ1v) is 14.6. The average Bonchev–Trinajstić information content (AvgIpc) is 3.27. The lowest BCUT2D eigenvalue weighted by Crippen LogP contribution is -2.32. The van der Waals surface area contributed by atoms with Crippen molar-refractivity contribution in [2.75, 3.05) is 31.3 Å². The van der Waals surface area contributed by atoms with Crippen LogP contribution >= 0.6 is 23.2 Å². The molecule has 2 aromatic rings. The fourth-order valence-corrected chi connectivity index (χ4v) is 6.09. The molecule has 4 rings (SSSR count). The van der Waals surface area contributed by atoms with Crippen molar-refractivity contribution in [1.82, 2.24) is 9.71 Å². The third-order valence-electron chi connectivity index (χ3n) is 6.73. The van der Waals surface area contributed by atoms with Gasteiger partial charge in [0.15, 0.2) is 0 Å². The van der Waals surface area contributed by atoms with Crippen molar-refractivity contribution in [2.45, 2.75) is 44.6 Å². The fraction of sp³-hybridized carbons (Fsp3) is 0.520. The molecule has 1 aromatic carbocycles. The highest BCUT2D eigenvalue weighted by Crippen LogP contribution is 2.36. The number of ether oxygens (including phenoxy) is 1. The summed E-state index contributed by atoms with van der Waals surface area (Å²) in [4.78, 5) is 17.3. The zero-order valence-corrected chi connectivity index (χ0v) is 22.1. The van der Waals surface area contributed by atoms with Gasteiger partial charge in [-0.15, -0.1) is 0 Å². The molecule has 35 heavy (non-hydrogen) atoms. The van der Waals surface area contributed by atoms with Crippen LogP contribution in [0.3, 0.4) is 0 Å². The molecule has 1 saturated heterocycles. The van der Waals surface area contributed by atoms with E-state index in [4.69, 9.17) is 27.9 Å². The Hall–Kier alpha value is -1.71. The molecule has 0 unspecified atom stereocenters. The Balaban J connectivity index is 1.45. The Morgan fingerprint density at radius 1 is 1.09 bits per heavy atom. The van der Waals surface area contributed by atoms with Gasteiger partial charge in [0, 0.05) is 71.9 Å². The molecule has 2 heterocycles. The second-order valence-electron chi connectivity index (χ2n) is 9.53. The number of sulfonamides is 1. The van der Waals surface area contributed by atoms with Gasteiger partial charge in [-0.2, -0.15) is 0 Å². The van der Waals surface area contributed by atoms with Gasteiger partial charge in [-0.1, -0.05) is 23.2 Å². The van der Waals surface area contributed by atoms with Gasteiger partial charge in [-0.05, 0) is 62.3 Å². The van der Waals surface area contributed by atoms with E-state index < -0.39 is 10.0 Å². The molecular formula is C25H31Cl2N3O4S. The standard InChI is InChI=1S/C25H31Cl2N3O4S/c1-35(32,33)30-19-3-2-17(10-19)25(31)13-20-12-22(24(27)15-29-20)21-11-18(4-5-23(21)26)28-14-16-6-8-34-9-7-16/h4-5,11-12,15-17,19,28,30H,2-3,6-10,13-14H2,1H3/t17-,19+/m1/s1. The summed E-state index contributed by atoms with van der Waals surface area (Å²) in [5.74, 6) is 0.450. The van der Waals surface area contributed by atoms with Crippen molar-refractivity contribution in [1.29, 1.82) is 0 Å². The van der Waals surface area contributed by atoms with Crippen molar-refractivity contribution in [3.05, 3.63) is 46.2 Å². The predicted octanol–water partition coefficient (Wildman–Crippen LogP) is 4.72. The summed E-state index contributed by atoms with van der Waals surface area (Å²) in [5, 5.41) is 4.53. The molecular weight excluding hydrogens is 509 g/mol. The van der Waals surface area contributed by atoms with Gasteiger partial charge in [0.25, 0.3) is 0 Å². The minimum atomic E-state index is -3.29. The molecule has 7 nitrogen and oxygen atoms in total. The first kappa shape index (κ1) is 26.4. The number of anilines is 1. The van der Waals surface area contributed by atoms with E-state index in [0.717, 1.165) is 55.7 Å². The number of halogens is 2. The van der Waals surface area contributed by atoms with Crippen molar-refractivity contribution in [2.24, 2.45) is 11.8 Å². The molecule has 1 aromatic heterocycles. The van der Waals surface area contributed by atoms with Crippen LogP contribution in [0.15, 0.2) is 30.5 Å². The third kappa shape index (κ3) is 7.40. The molecule has 2 fully saturated rings. The smallest absolute Gasteiger partial charge is 0.208 e. The summed E-state index contributed by atoms with van der Waals surface area (Å²) < 4.78 is 31.0. The van der Waals surface area contributed by atoms with Crippen LogP contribution in [0.4, 0.5) is 5.69 Å². The van der Waals surface area contributed by atoms with Gasteiger partial charge in [0.2, 0.25) is 10.0 Å². The van der Waals surface area contributed by atoms with Crippen LogP contribution in [-0.4, -0.2) is 51.2 Å². The molecule has 1 aliphatic heterocycles. The molecule has 1 saturated carbocycles. The number of benzene rings is 1. The highest BCUT2D eigenvalue weighted by Gasteiger charge is 2.31. The van der Waals surface area contributed by atoms with E-state index in [9.17, 15) is 13.2 Å². The van der Waals surface area contributed by atoms with Crippen LogP contribution < -0.4 is 10.0 Å². The van der Waals surface area contributed by atoms with Gasteiger partial charge < -0.3 is 10.1 Å². The van der Waals surface area contributed by atoms with E-state index >= 15 is 0 Å². The van der Waals surface area contributed by atoms with Crippen LogP contribution in [-0.2, 0) is 26.0 Å². The second-order valence-corrected chi connectivity index (χ2v) is 12.1. The number of hydrogen-bond acceptors (Lipinski definition) is 6. The monoisotopic (exact) mass is 539 g/mol. The zero-order valence-electron chi connectivity index (χ0n) is 19.7. The van der Waals surface area contributed by atoms with Crippen molar-refractivity contribution in [3.8, 4) is 11.1 Å². The Bertz CT molecular complexity index is 1170. The minimum Gasteiger partial charge on any atom is -0.385 e. The number of rotatable bonds is 9. The first-order valence-electron chi connectivity index (χ1n) is 11.9. The lowest BCUT2D eigenvalue weighted by Gasteiger charge is -2.23. The van der Waals surface area contributed by atoms with Crippen molar-refractivity contribution >= 4 is 44.7 Å². The molecule has 0 bridgehead atoms. The normalized spacial score (nSPS) is 21.2. The maximum atomic E-state index is 12.9. The summed E-state index contributed by atoms with van der Waals surface area (Å²) in [5.41, 5.74) is 3.08. The van der Waals surface area contributed by atoms with Gasteiger partial charge in [0.05, 0.1) is 11.3 Å². The highest BCUT2D eigenvalue weighted by atomic mass is 35.5. The van der Waals surface area contributed by atoms with E-state index in [1.807, 2.05) is 24.3 Å². The molecule has 0 amide bonds. The maximum Gasteiger partial charge on any atom is 0.208 e. The SMILES string of the molecule is CS(=O)(=O)N[C@H]1CC[C@@H](C(=O)Cc2cc(-c3cc(NCC4CCOCC4)ccc3Cl)c(Cl)cn2)C1. The number of carbonyl (C=O) groups excluding carboxylic acids is 1. The van der Waals surface area contributed by atoms with Crippen molar-refractivity contribution in [3.63, 3.8) is 0 Å². The number of carbonyl (C=O) groups is 1. The Morgan fingerprint density at radius 3 is 2.57 bits per heavy atom. The van der Waals surface area contributed by atoms with E-state index in [0.29, 0.717) is 40.9 Å². The van der Waals surface area contributed by atoms with Crippen LogP contribution in [0.1, 0.15) is 37.8 Å². The van der Waals surface area contributed by atoms with Gasteiger partial charge in [-0.3, -0.25) is 9.78 Å². The molecule has 2 atom stereocenters. The second kappa shape index (κ2) is 11.6. The van der Waals surface area contributed by atoms with Crippen molar-refractivity contribution < 1.29 is 17.9 Å². The average molecular weight is 541 g/mol. The van der Waals surface area contributed by atoms with E-state index in [2.05, 4.69) is 15.0 Å². The number of nitrogens with one attached hydrogen (secondary N) is 2. The Labute approximate surface area is 217 Å². The quantitative estimate of drug-likeness (QED) is 0.478. The molecule has 2 aliphatic rings. The molecule has 0 radical (unpaired) electrons. The lowest BCUT2D eigenvalue weighted by molar-refractivity contribution is -0.122. The predicted molar refractivity (Wildman–Crippen MR) is 140 cm³/mol. The Morgan fingerprint density at radius 2 is 1.83 bits per heavy atom. The zero-order chi connectivity index (χ0) is 25.0. The van der Waals surface area contributed by atoms with Crippen LogP contribution in [0.5, 0.6) is 0 Å². The first-order chi connectivity index (χ1) is 16.7. The number of hydrogen-bond donors (Lipinski definition) is 2. The number of nitrogens with zero attached hydrogens (tertiary/aromatic N) is 1. The van der Waals surface area contributed by atoms with Gasteiger partial charge in [0.1, 0.15) is 5.78 Å². The van der Waals surface area contributed by atoms with E-state index in [1.165, 1.54) is 0 Å². The topological polar surface area (TPSA) is 97.4 Å². The van der Waals surface area contributed by atoms with Gasteiger partial charge in [-0.25, -0.2) is 13.1 Å². The number of pyridine rings is 1. The minimum absolute atomic E-state index is 0.0570. The van der Waals surface area contributed by atoms with Crippen LogP contribution in [0, 0.1) is 11.8 Å². The van der Waals surface area contributed by atoms with E-state index in [-0.39, 0.29) is 24.2 Å². The van der Waals surface area contributed by atoms with E-state index in [1.54, 1.807) is 6.20 Å². The number of aromatic nitrogens is 1. The summed E-state index contributed by atoms with van der Waals surface area (Å²) in [6.45, 7) is 2.48. The molecule has 2 N–H and O–H groups in total. The van der Waals surface area contributed by atoms with Crippen LogP contribution in [0.25, 0.3) is 11.1 Å². The fourth-order valence-electron chi connectivity index (χ4n) is 4.85. The lowest BCUT2D eigenvalue weighted by atomic mass is 9.97. The molecule has 10 heteroatoms. The number of Topliss-reactive ketones (excluding diaryl/α,β-unsaturated/α-hetero) is 1. The summed E-state index contributed by atoms with van der Waals surface area (Å²) in [7, 11) is -3.29. The maximum absolute atomic E-state index is 12.9. The number of ketones is 1.